The maximum absolute atomic E-state index is 13.0. The summed E-state index contributed by atoms with van der Waals surface area (Å²) >= 11 is 0. The van der Waals surface area contributed by atoms with Crippen molar-refractivity contribution in [3.05, 3.63) is 95.1 Å². The van der Waals surface area contributed by atoms with E-state index in [0.717, 1.165) is 29.2 Å². The Morgan fingerprint density at radius 3 is 1.74 bits per heavy atom. The number of nitrogens with zero attached hydrogens (tertiary/aromatic N) is 3. The average molecular weight is 439 g/mol. The van der Waals surface area contributed by atoms with Crippen molar-refractivity contribution in [2.45, 2.75) is 25.4 Å². The predicted octanol–water partition coefficient (Wildman–Crippen LogP) is 5.36. The Labute approximate surface area is 173 Å². The fourth-order valence-electron chi connectivity index (χ4n) is 2.90. The van der Waals surface area contributed by atoms with Gasteiger partial charge in [0.1, 0.15) is 5.69 Å². The summed E-state index contributed by atoms with van der Waals surface area (Å²) in [5.41, 5.74) is -1.54. The average Bonchev–Trinajstić information content (AvgIpc) is 2.72. The SMILES string of the molecule is O=C(c1cnccn1)N(Cc1cccc(C(F)(F)F)c1)Cc1cccc(C(F)(F)F)c1. The number of benzene rings is 2. The Bertz CT molecular complexity index is 991. The van der Waals surface area contributed by atoms with Crippen LogP contribution >= 0.6 is 0 Å². The van der Waals surface area contributed by atoms with Crippen molar-refractivity contribution >= 4 is 5.91 Å². The van der Waals surface area contributed by atoms with Gasteiger partial charge in [-0.2, -0.15) is 26.3 Å². The number of rotatable bonds is 5. The van der Waals surface area contributed by atoms with Crippen molar-refractivity contribution in [3.63, 3.8) is 0 Å². The number of carbonyl (C=O) groups is 1. The van der Waals surface area contributed by atoms with Gasteiger partial charge >= 0.3 is 12.4 Å². The van der Waals surface area contributed by atoms with E-state index in [2.05, 4.69) is 9.97 Å². The lowest BCUT2D eigenvalue weighted by Crippen LogP contribution is -2.31. The maximum Gasteiger partial charge on any atom is 0.416 e. The van der Waals surface area contributed by atoms with Gasteiger partial charge in [-0.1, -0.05) is 24.3 Å². The largest absolute Gasteiger partial charge is 0.416 e. The third-order valence-electron chi connectivity index (χ3n) is 4.32. The first-order valence-electron chi connectivity index (χ1n) is 8.91. The molecule has 0 spiro atoms. The van der Waals surface area contributed by atoms with E-state index in [1.54, 1.807) is 0 Å². The van der Waals surface area contributed by atoms with Crippen molar-refractivity contribution in [1.82, 2.24) is 14.9 Å². The predicted molar refractivity (Wildman–Crippen MR) is 98.5 cm³/mol. The number of aromatic nitrogens is 2. The highest BCUT2D eigenvalue weighted by Crippen LogP contribution is 2.31. The minimum absolute atomic E-state index is 0.0820. The van der Waals surface area contributed by atoms with Crippen LogP contribution in [0.5, 0.6) is 0 Å². The van der Waals surface area contributed by atoms with Gasteiger partial charge in [-0.25, -0.2) is 4.98 Å². The van der Waals surface area contributed by atoms with Crippen molar-refractivity contribution in [2.75, 3.05) is 0 Å². The monoisotopic (exact) mass is 439 g/mol. The molecule has 0 N–H and O–H groups in total. The van der Waals surface area contributed by atoms with E-state index in [-0.39, 0.29) is 29.9 Å². The van der Waals surface area contributed by atoms with Crippen LogP contribution in [0.2, 0.25) is 0 Å². The highest BCUT2D eigenvalue weighted by molar-refractivity contribution is 5.91. The Hall–Kier alpha value is -3.43. The molecule has 31 heavy (non-hydrogen) atoms. The molecule has 3 aromatic rings. The Morgan fingerprint density at radius 2 is 1.32 bits per heavy atom. The second-order valence-electron chi connectivity index (χ2n) is 6.65. The number of alkyl halides is 6. The standard InChI is InChI=1S/C21H15F6N3O/c22-20(23,24)16-5-1-3-14(9-16)12-30(19(31)18-11-28-7-8-29-18)13-15-4-2-6-17(10-15)21(25,26)27/h1-11H,12-13H2. The molecule has 1 heterocycles. The van der Waals surface area contributed by atoms with Crippen LogP contribution in [0.3, 0.4) is 0 Å². The lowest BCUT2D eigenvalue weighted by atomic mass is 10.1. The Balaban J connectivity index is 1.94. The molecule has 0 radical (unpaired) electrons. The van der Waals surface area contributed by atoms with E-state index >= 15 is 0 Å². The maximum atomic E-state index is 13.0. The molecule has 0 saturated carbocycles. The molecular weight excluding hydrogens is 424 g/mol. The molecular formula is C21H15F6N3O. The van der Waals surface area contributed by atoms with Gasteiger partial charge in [0.15, 0.2) is 0 Å². The van der Waals surface area contributed by atoms with Gasteiger partial charge in [0.2, 0.25) is 0 Å². The number of hydrogen-bond acceptors (Lipinski definition) is 3. The van der Waals surface area contributed by atoms with Crippen LogP contribution in [0, 0.1) is 0 Å². The summed E-state index contributed by atoms with van der Waals surface area (Å²) in [6.45, 7) is -0.537. The second-order valence-corrected chi connectivity index (χ2v) is 6.65. The molecule has 0 atom stereocenters. The lowest BCUT2D eigenvalue weighted by Gasteiger charge is -2.23. The zero-order valence-corrected chi connectivity index (χ0v) is 15.8. The minimum atomic E-state index is -4.57. The number of halogens is 6. The van der Waals surface area contributed by atoms with Gasteiger partial charge in [-0.05, 0) is 35.4 Å². The van der Waals surface area contributed by atoms with E-state index in [1.807, 2.05) is 0 Å². The molecule has 0 bridgehead atoms. The Kier molecular flexibility index (Phi) is 6.28. The molecule has 0 fully saturated rings. The van der Waals surface area contributed by atoms with Crippen LogP contribution in [-0.4, -0.2) is 20.8 Å². The minimum Gasteiger partial charge on any atom is -0.329 e. The van der Waals surface area contributed by atoms with E-state index in [4.69, 9.17) is 0 Å². The van der Waals surface area contributed by atoms with E-state index in [1.165, 1.54) is 42.9 Å². The van der Waals surface area contributed by atoms with Gasteiger partial charge in [0, 0.05) is 25.5 Å². The summed E-state index contributed by atoms with van der Waals surface area (Å²) in [6.07, 6.45) is -5.37. The number of amides is 1. The molecule has 1 amide bonds. The normalized spacial score (nSPS) is 11.9. The molecule has 0 aliphatic rings. The summed E-state index contributed by atoms with van der Waals surface area (Å²) in [4.78, 5) is 21.7. The molecule has 2 aromatic carbocycles. The smallest absolute Gasteiger partial charge is 0.329 e. The van der Waals surface area contributed by atoms with Crippen LogP contribution in [0.4, 0.5) is 26.3 Å². The number of hydrogen-bond donors (Lipinski definition) is 0. The Morgan fingerprint density at radius 1 is 0.806 bits per heavy atom. The third-order valence-corrected chi connectivity index (χ3v) is 4.32. The van der Waals surface area contributed by atoms with Crippen LogP contribution in [-0.2, 0) is 25.4 Å². The molecule has 4 nitrogen and oxygen atoms in total. The van der Waals surface area contributed by atoms with E-state index in [9.17, 15) is 31.1 Å². The second kappa shape index (κ2) is 8.75. The van der Waals surface area contributed by atoms with Gasteiger partial charge in [-0.15, -0.1) is 0 Å². The molecule has 0 saturated heterocycles. The first-order valence-corrected chi connectivity index (χ1v) is 8.91. The summed E-state index contributed by atoms with van der Waals surface area (Å²) in [5.74, 6) is -0.678. The molecule has 0 aliphatic heterocycles. The first-order chi connectivity index (χ1) is 14.5. The van der Waals surface area contributed by atoms with Crippen molar-refractivity contribution in [3.8, 4) is 0 Å². The highest BCUT2D eigenvalue weighted by Gasteiger charge is 2.32. The summed E-state index contributed by atoms with van der Waals surface area (Å²) in [6, 6.07) is 8.78. The number of carbonyl (C=O) groups excluding carboxylic acids is 1. The molecule has 10 heteroatoms. The van der Waals surface area contributed by atoms with Crippen LogP contribution < -0.4 is 0 Å². The van der Waals surface area contributed by atoms with Crippen molar-refractivity contribution in [2.24, 2.45) is 0 Å². The van der Waals surface area contributed by atoms with E-state index < -0.39 is 29.4 Å². The third kappa shape index (κ3) is 5.80. The van der Waals surface area contributed by atoms with Gasteiger partial charge in [-0.3, -0.25) is 9.78 Å². The first kappa shape index (κ1) is 22.3. The summed E-state index contributed by atoms with van der Waals surface area (Å²) in [5, 5.41) is 0. The zero-order valence-electron chi connectivity index (χ0n) is 15.8. The van der Waals surface area contributed by atoms with Crippen LogP contribution in [0.25, 0.3) is 0 Å². The lowest BCUT2D eigenvalue weighted by molar-refractivity contribution is -0.138. The quantitative estimate of drug-likeness (QED) is 0.503. The fraction of sp³-hybridized carbons (Fsp3) is 0.190. The molecule has 3 rings (SSSR count). The summed E-state index contributed by atoms with van der Waals surface area (Å²) in [7, 11) is 0. The van der Waals surface area contributed by atoms with Gasteiger partial charge in [0.25, 0.3) is 5.91 Å². The van der Waals surface area contributed by atoms with Crippen LogP contribution in [0.1, 0.15) is 32.7 Å². The van der Waals surface area contributed by atoms with Crippen LogP contribution in [0.15, 0.2) is 67.1 Å². The van der Waals surface area contributed by atoms with Crippen molar-refractivity contribution < 1.29 is 31.1 Å². The highest BCUT2D eigenvalue weighted by atomic mass is 19.4. The van der Waals surface area contributed by atoms with Gasteiger partial charge in [0.05, 0.1) is 17.3 Å². The zero-order chi connectivity index (χ0) is 22.6. The van der Waals surface area contributed by atoms with Gasteiger partial charge < -0.3 is 4.90 Å². The molecule has 0 aliphatic carbocycles. The van der Waals surface area contributed by atoms with Crippen molar-refractivity contribution in [1.29, 1.82) is 0 Å². The topological polar surface area (TPSA) is 46.1 Å². The molecule has 162 valence electrons. The fourth-order valence-corrected chi connectivity index (χ4v) is 2.90. The summed E-state index contributed by atoms with van der Waals surface area (Å²) < 4.78 is 78.2. The molecule has 0 unspecified atom stereocenters. The molecule has 1 aromatic heterocycles. The van der Waals surface area contributed by atoms with E-state index in [0.29, 0.717) is 0 Å².